The van der Waals surface area contributed by atoms with E-state index in [0.717, 1.165) is 11.1 Å². The molecule has 1 aromatic heterocycles. The number of carbonyl (C=O) groups is 2. The molecule has 4 atom stereocenters. The highest BCUT2D eigenvalue weighted by molar-refractivity contribution is 5.98. The summed E-state index contributed by atoms with van der Waals surface area (Å²) in [6, 6.07) is 18.3. The van der Waals surface area contributed by atoms with Gasteiger partial charge in [-0.2, -0.15) is 0 Å². The number of rotatable bonds is 5. The minimum Gasteiger partial charge on any atom is -0.465 e. The summed E-state index contributed by atoms with van der Waals surface area (Å²) >= 11 is 0. The standard InChI is InChI=1S/C31H38N4O5/c1-31(2,3)28-23(18-21-10-6-4-7-11-21)33(15-16-34(28)30(38)39)29(37)26-27(22-12-8-5-9-13-22)35(20-32-26)24-19-40-17-14-25(24)36/h4-13,20,23-25,28,36H,14-19H2,1-3H3,(H,38,39)/t23-,24-,25-,28?/m1/s1. The Bertz CT molecular complexity index is 1320. The molecule has 212 valence electrons. The molecule has 2 aromatic carbocycles. The van der Waals surface area contributed by atoms with E-state index in [1.54, 1.807) is 6.33 Å². The molecule has 40 heavy (non-hydrogen) atoms. The molecule has 2 aliphatic rings. The minimum atomic E-state index is -0.981. The van der Waals surface area contributed by atoms with Crippen molar-refractivity contribution in [3.8, 4) is 11.3 Å². The van der Waals surface area contributed by atoms with Crippen LogP contribution in [0.1, 0.15) is 49.3 Å². The summed E-state index contributed by atoms with van der Waals surface area (Å²) in [4.78, 5) is 34.8. The lowest BCUT2D eigenvalue weighted by Crippen LogP contribution is -2.66. The highest BCUT2D eigenvalue weighted by Crippen LogP contribution is 2.36. The van der Waals surface area contributed by atoms with Gasteiger partial charge >= 0.3 is 6.09 Å². The second-order valence-electron chi connectivity index (χ2n) is 11.8. The van der Waals surface area contributed by atoms with E-state index in [1.165, 1.54) is 4.90 Å². The normalized spacial score (nSPS) is 23.7. The Kier molecular flexibility index (Phi) is 7.96. The maximum Gasteiger partial charge on any atom is 0.407 e. The SMILES string of the molecule is CC(C)(C)C1[C@@H](Cc2ccccc2)N(C(=O)c2ncn([C@@H]3COCC[C@H]3O)c2-c2ccccc2)CCN1C(=O)O. The number of aliphatic hydroxyl groups is 1. The number of ether oxygens (including phenoxy) is 1. The molecule has 5 rings (SSSR count). The summed E-state index contributed by atoms with van der Waals surface area (Å²) in [7, 11) is 0. The quantitative estimate of drug-likeness (QED) is 0.493. The highest BCUT2D eigenvalue weighted by Gasteiger charge is 2.47. The van der Waals surface area contributed by atoms with E-state index in [9.17, 15) is 19.8 Å². The number of benzene rings is 2. The first-order valence-corrected chi connectivity index (χ1v) is 13.9. The van der Waals surface area contributed by atoms with Gasteiger partial charge in [-0.05, 0) is 23.8 Å². The molecule has 2 aliphatic heterocycles. The molecule has 0 bridgehead atoms. The number of carboxylic acid groups (broad SMARTS) is 1. The van der Waals surface area contributed by atoms with Crippen molar-refractivity contribution in [2.75, 3.05) is 26.3 Å². The molecule has 3 heterocycles. The van der Waals surface area contributed by atoms with Gasteiger partial charge in [-0.1, -0.05) is 81.4 Å². The maximum atomic E-state index is 14.5. The predicted octanol–water partition coefficient (Wildman–Crippen LogP) is 4.33. The van der Waals surface area contributed by atoms with E-state index in [-0.39, 0.29) is 25.0 Å². The fourth-order valence-corrected chi connectivity index (χ4v) is 6.25. The first-order chi connectivity index (χ1) is 19.2. The van der Waals surface area contributed by atoms with Crippen LogP contribution in [0.2, 0.25) is 0 Å². The fourth-order valence-electron chi connectivity index (χ4n) is 6.25. The van der Waals surface area contributed by atoms with Gasteiger partial charge in [0, 0.05) is 25.3 Å². The lowest BCUT2D eigenvalue weighted by Gasteiger charge is -2.51. The van der Waals surface area contributed by atoms with Gasteiger partial charge < -0.3 is 29.3 Å². The van der Waals surface area contributed by atoms with Gasteiger partial charge in [0.2, 0.25) is 0 Å². The van der Waals surface area contributed by atoms with Gasteiger partial charge in [0.15, 0.2) is 5.69 Å². The average Bonchev–Trinajstić information content (AvgIpc) is 3.38. The van der Waals surface area contributed by atoms with Gasteiger partial charge in [0.25, 0.3) is 5.91 Å². The molecule has 0 radical (unpaired) electrons. The minimum absolute atomic E-state index is 0.213. The molecule has 9 heteroatoms. The molecule has 1 unspecified atom stereocenters. The summed E-state index contributed by atoms with van der Waals surface area (Å²) < 4.78 is 7.56. The topological polar surface area (TPSA) is 108 Å². The molecule has 2 N–H and O–H groups in total. The largest absolute Gasteiger partial charge is 0.465 e. The third-order valence-corrected chi connectivity index (χ3v) is 8.06. The molecule has 2 amide bonds. The lowest BCUT2D eigenvalue weighted by atomic mass is 9.77. The third-order valence-electron chi connectivity index (χ3n) is 8.06. The molecule has 0 aliphatic carbocycles. The van der Waals surface area contributed by atoms with Crippen molar-refractivity contribution < 1.29 is 24.5 Å². The van der Waals surface area contributed by atoms with Gasteiger partial charge in [-0.3, -0.25) is 4.79 Å². The first-order valence-electron chi connectivity index (χ1n) is 13.9. The summed E-state index contributed by atoms with van der Waals surface area (Å²) in [5.74, 6) is -0.246. The number of imidazole rings is 1. The summed E-state index contributed by atoms with van der Waals surface area (Å²) in [5, 5.41) is 21.0. The second-order valence-corrected chi connectivity index (χ2v) is 11.8. The Labute approximate surface area is 235 Å². The summed E-state index contributed by atoms with van der Waals surface area (Å²) in [6.07, 6.45) is 1.03. The zero-order valence-electron chi connectivity index (χ0n) is 23.3. The highest BCUT2D eigenvalue weighted by atomic mass is 16.5. The van der Waals surface area contributed by atoms with Crippen molar-refractivity contribution in [3.63, 3.8) is 0 Å². The lowest BCUT2D eigenvalue weighted by molar-refractivity contribution is -0.0286. The zero-order valence-corrected chi connectivity index (χ0v) is 23.3. The number of hydrogen-bond acceptors (Lipinski definition) is 5. The monoisotopic (exact) mass is 546 g/mol. The fraction of sp³-hybridized carbons (Fsp3) is 0.452. The molecular weight excluding hydrogens is 508 g/mol. The molecule has 2 saturated heterocycles. The van der Waals surface area contributed by atoms with Gasteiger partial charge in [0.05, 0.1) is 42.9 Å². The van der Waals surface area contributed by atoms with Crippen molar-refractivity contribution in [3.05, 3.63) is 78.2 Å². The van der Waals surface area contributed by atoms with Crippen LogP contribution in [0.4, 0.5) is 4.79 Å². The molecule has 3 aromatic rings. The molecular formula is C31H38N4O5. The zero-order chi connectivity index (χ0) is 28.4. The van der Waals surface area contributed by atoms with Crippen molar-refractivity contribution >= 4 is 12.0 Å². The van der Waals surface area contributed by atoms with Crippen LogP contribution < -0.4 is 0 Å². The Balaban J connectivity index is 1.60. The Morgan fingerprint density at radius 1 is 1.00 bits per heavy atom. The second kappa shape index (κ2) is 11.4. The van der Waals surface area contributed by atoms with Crippen LogP contribution in [-0.2, 0) is 11.2 Å². The number of nitrogens with zero attached hydrogens (tertiary/aromatic N) is 4. The van der Waals surface area contributed by atoms with Gasteiger partial charge in [-0.15, -0.1) is 0 Å². The third kappa shape index (κ3) is 5.48. The van der Waals surface area contributed by atoms with Crippen LogP contribution in [0.5, 0.6) is 0 Å². The Morgan fingerprint density at radius 3 is 2.27 bits per heavy atom. The van der Waals surface area contributed by atoms with Crippen molar-refractivity contribution in [1.29, 1.82) is 0 Å². The van der Waals surface area contributed by atoms with E-state index < -0.39 is 29.7 Å². The summed E-state index contributed by atoms with van der Waals surface area (Å²) in [6.45, 7) is 7.35. The van der Waals surface area contributed by atoms with Gasteiger partial charge in [-0.25, -0.2) is 9.78 Å². The number of carbonyl (C=O) groups excluding carboxylic acids is 1. The number of hydrogen-bond donors (Lipinski definition) is 2. The van der Waals surface area contributed by atoms with Crippen molar-refractivity contribution in [2.45, 2.75) is 57.8 Å². The molecule has 9 nitrogen and oxygen atoms in total. The smallest absolute Gasteiger partial charge is 0.407 e. The van der Waals surface area contributed by atoms with Crippen LogP contribution in [0.15, 0.2) is 67.0 Å². The summed E-state index contributed by atoms with van der Waals surface area (Å²) in [5.41, 5.74) is 2.34. The van der Waals surface area contributed by atoms with E-state index in [2.05, 4.69) is 4.98 Å². The van der Waals surface area contributed by atoms with Crippen LogP contribution in [0.3, 0.4) is 0 Å². The van der Waals surface area contributed by atoms with Crippen molar-refractivity contribution in [2.24, 2.45) is 5.41 Å². The number of amides is 2. The Hall–Kier alpha value is -3.69. The van der Waals surface area contributed by atoms with E-state index in [4.69, 9.17) is 4.74 Å². The van der Waals surface area contributed by atoms with Crippen molar-refractivity contribution in [1.82, 2.24) is 19.4 Å². The van der Waals surface area contributed by atoms with E-state index in [0.29, 0.717) is 37.4 Å². The maximum absolute atomic E-state index is 14.5. The molecule has 0 saturated carbocycles. The first kappa shape index (κ1) is 27.9. The number of piperazine rings is 1. The Morgan fingerprint density at radius 2 is 1.65 bits per heavy atom. The van der Waals surface area contributed by atoms with Crippen LogP contribution in [-0.4, -0.2) is 86.1 Å². The predicted molar refractivity (Wildman–Crippen MR) is 151 cm³/mol. The number of aliphatic hydroxyl groups excluding tert-OH is 1. The van der Waals surface area contributed by atoms with E-state index >= 15 is 0 Å². The van der Waals surface area contributed by atoms with Crippen LogP contribution in [0, 0.1) is 5.41 Å². The average molecular weight is 547 g/mol. The van der Waals surface area contributed by atoms with Gasteiger partial charge in [0.1, 0.15) is 0 Å². The van der Waals surface area contributed by atoms with E-state index in [1.807, 2.05) is 90.9 Å². The molecule has 0 spiro atoms. The molecule has 2 fully saturated rings. The van der Waals surface area contributed by atoms with Crippen LogP contribution in [0.25, 0.3) is 11.3 Å². The van der Waals surface area contributed by atoms with Crippen LogP contribution >= 0.6 is 0 Å². The number of aromatic nitrogens is 2.